The van der Waals surface area contributed by atoms with Gasteiger partial charge in [0.1, 0.15) is 0 Å². The lowest BCUT2D eigenvalue weighted by atomic mass is 10.3. The van der Waals surface area contributed by atoms with E-state index in [0.29, 0.717) is 0 Å². The molecule has 1 aliphatic rings. The van der Waals surface area contributed by atoms with E-state index in [2.05, 4.69) is 4.99 Å². The van der Waals surface area contributed by atoms with Crippen molar-refractivity contribution in [2.75, 3.05) is 6.61 Å². The molecular formula is C5H11N3O. The Labute approximate surface area is 53.6 Å². The van der Waals surface area contributed by atoms with Crippen LogP contribution >= 0.6 is 0 Å². The van der Waals surface area contributed by atoms with Crippen molar-refractivity contribution in [1.29, 1.82) is 0 Å². The molecule has 0 unspecified atom stereocenters. The van der Waals surface area contributed by atoms with Crippen molar-refractivity contribution in [3.8, 4) is 0 Å². The van der Waals surface area contributed by atoms with Gasteiger partial charge in [0.15, 0.2) is 5.96 Å². The molecule has 1 saturated carbocycles. The summed E-state index contributed by atoms with van der Waals surface area (Å²) in [5, 5.41) is 8.69. The molecule has 0 aliphatic heterocycles. The number of guanidine groups is 1. The number of nitrogens with two attached hydrogens (primary N) is 2. The zero-order valence-electron chi connectivity index (χ0n) is 5.17. The highest BCUT2D eigenvalue weighted by Gasteiger charge is 2.42. The molecule has 5 N–H and O–H groups in total. The molecule has 0 aromatic carbocycles. The third kappa shape index (κ3) is 1.32. The lowest BCUT2D eigenvalue weighted by Gasteiger charge is -2.03. The lowest BCUT2D eigenvalue weighted by Crippen LogP contribution is -2.27. The standard InChI is InChI=1S/C5H11N3O/c6-4(7)8-5(3-9)1-2-5/h9H,1-3H2,(H4,6,7,8). The van der Waals surface area contributed by atoms with Gasteiger partial charge in [0.25, 0.3) is 0 Å². The van der Waals surface area contributed by atoms with Crippen molar-refractivity contribution in [1.82, 2.24) is 0 Å². The fourth-order valence-electron chi connectivity index (χ4n) is 0.723. The number of aliphatic hydroxyl groups is 1. The molecule has 52 valence electrons. The normalized spacial score (nSPS) is 21.0. The fraction of sp³-hybridized carbons (Fsp3) is 0.800. The number of hydrogen-bond acceptors (Lipinski definition) is 2. The molecule has 1 fully saturated rings. The first-order valence-corrected chi connectivity index (χ1v) is 2.90. The first-order chi connectivity index (χ1) is 4.18. The highest BCUT2D eigenvalue weighted by Crippen LogP contribution is 2.38. The van der Waals surface area contributed by atoms with Crippen molar-refractivity contribution in [3.05, 3.63) is 0 Å². The predicted octanol–water partition coefficient (Wildman–Crippen LogP) is -1.22. The van der Waals surface area contributed by atoms with Gasteiger partial charge in [0.05, 0.1) is 12.1 Å². The van der Waals surface area contributed by atoms with E-state index in [0.717, 1.165) is 12.8 Å². The van der Waals surface area contributed by atoms with Crippen LogP contribution in [0.5, 0.6) is 0 Å². The molecule has 1 aliphatic carbocycles. The molecule has 1 rings (SSSR count). The van der Waals surface area contributed by atoms with Gasteiger partial charge in [-0.2, -0.15) is 0 Å². The Bertz CT molecular complexity index is 135. The molecule has 0 atom stereocenters. The second kappa shape index (κ2) is 1.88. The van der Waals surface area contributed by atoms with E-state index < -0.39 is 0 Å². The first kappa shape index (κ1) is 6.35. The van der Waals surface area contributed by atoms with Gasteiger partial charge in [-0.15, -0.1) is 0 Å². The number of aliphatic hydroxyl groups excluding tert-OH is 1. The van der Waals surface area contributed by atoms with Crippen LogP contribution in [0.1, 0.15) is 12.8 Å². The molecule has 0 amide bonds. The molecule has 0 aromatic heterocycles. The van der Waals surface area contributed by atoms with Gasteiger partial charge in [-0.3, -0.25) is 0 Å². The Morgan fingerprint density at radius 1 is 1.56 bits per heavy atom. The van der Waals surface area contributed by atoms with Crippen LogP contribution in [0, 0.1) is 0 Å². The van der Waals surface area contributed by atoms with E-state index in [1.165, 1.54) is 0 Å². The van der Waals surface area contributed by atoms with Crippen LogP contribution in [-0.4, -0.2) is 23.2 Å². The third-order valence-corrected chi connectivity index (χ3v) is 1.49. The van der Waals surface area contributed by atoms with Crippen LogP contribution in [0.3, 0.4) is 0 Å². The quantitative estimate of drug-likeness (QED) is 0.323. The second-order valence-electron chi connectivity index (χ2n) is 2.42. The number of aliphatic imine (C=N–C) groups is 1. The van der Waals surface area contributed by atoms with Crippen LogP contribution in [0.25, 0.3) is 0 Å². The van der Waals surface area contributed by atoms with E-state index in [1.54, 1.807) is 0 Å². The van der Waals surface area contributed by atoms with E-state index in [-0.39, 0.29) is 18.1 Å². The average molecular weight is 129 g/mol. The van der Waals surface area contributed by atoms with Crippen LogP contribution in [0.2, 0.25) is 0 Å². The molecule has 0 radical (unpaired) electrons. The highest BCUT2D eigenvalue weighted by molar-refractivity contribution is 5.76. The van der Waals surface area contributed by atoms with Gasteiger partial charge in [0, 0.05) is 0 Å². The maximum Gasteiger partial charge on any atom is 0.186 e. The van der Waals surface area contributed by atoms with Crippen molar-refractivity contribution in [2.45, 2.75) is 18.4 Å². The summed E-state index contributed by atoms with van der Waals surface area (Å²) in [5.74, 6) is 0.0709. The van der Waals surface area contributed by atoms with Gasteiger partial charge in [-0.25, -0.2) is 4.99 Å². The largest absolute Gasteiger partial charge is 0.394 e. The third-order valence-electron chi connectivity index (χ3n) is 1.49. The number of rotatable bonds is 2. The number of nitrogens with zero attached hydrogens (tertiary/aromatic N) is 1. The summed E-state index contributed by atoms with van der Waals surface area (Å²) < 4.78 is 0. The Balaban J connectivity index is 2.51. The molecule has 4 nitrogen and oxygen atoms in total. The van der Waals surface area contributed by atoms with Gasteiger partial charge < -0.3 is 16.6 Å². The summed E-state index contributed by atoms with van der Waals surface area (Å²) >= 11 is 0. The van der Waals surface area contributed by atoms with Gasteiger partial charge in [0.2, 0.25) is 0 Å². The van der Waals surface area contributed by atoms with Crippen molar-refractivity contribution >= 4 is 5.96 Å². The summed E-state index contributed by atoms with van der Waals surface area (Å²) in [7, 11) is 0. The summed E-state index contributed by atoms with van der Waals surface area (Å²) in [6, 6.07) is 0. The molecule has 0 spiro atoms. The Hall–Kier alpha value is -0.770. The molecule has 4 heteroatoms. The van der Waals surface area contributed by atoms with Gasteiger partial charge >= 0.3 is 0 Å². The molecule has 9 heavy (non-hydrogen) atoms. The van der Waals surface area contributed by atoms with Crippen molar-refractivity contribution in [2.24, 2.45) is 16.5 Å². The monoisotopic (exact) mass is 129 g/mol. The minimum Gasteiger partial charge on any atom is -0.394 e. The Morgan fingerprint density at radius 2 is 2.11 bits per heavy atom. The maximum absolute atomic E-state index is 8.69. The molecular weight excluding hydrogens is 118 g/mol. The van der Waals surface area contributed by atoms with Gasteiger partial charge in [-0.05, 0) is 12.8 Å². The minimum absolute atomic E-state index is 0.0604. The maximum atomic E-state index is 8.69. The molecule has 0 heterocycles. The van der Waals surface area contributed by atoms with E-state index in [4.69, 9.17) is 16.6 Å². The zero-order valence-corrected chi connectivity index (χ0v) is 5.17. The smallest absolute Gasteiger partial charge is 0.186 e. The van der Waals surface area contributed by atoms with Crippen molar-refractivity contribution < 1.29 is 5.11 Å². The van der Waals surface area contributed by atoms with Gasteiger partial charge in [-0.1, -0.05) is 0 Å². The van der Waals surface area contributed by atoms with E-state index in [9.17, 15) is 0 Å². The Kier molecular flexibility index (Phi) is 1.32. The fourth-order valence-corrected chi connectivity index (χ4v) is 0.723. The minimum atomic E-state index is -0.293. The first-order valence-electron chi connectivity index (χ1n) is 2.90. The summed E-state index contributed by atoms with van der Waals surface area (Å²) in [6.07, 6.45) is 1.81. The average Bonchev–Trinajstić information content (AvgIpc) is 2.48. The van der Waals surface area contributed by atoms with E-state index in [1.807, 2.05) is 0 Å². The SMILES string of the molecule is NC(N)=NC1(CO)CC1. The molecule has 0 saturated heterocycles. The topological polar surface area (TPSA) is 84.6 Å². The van der Waals surface area contributed by atoms with Crippen LogP contribution in [-0.2, 0) is 0 Å². The lowest BCUT2D eigenvalue weighted by molar-refractivity contribution is 0.257. The van der Waals surface area contributed by atoms with Crippen LogP contribution in [0.15, 0.2) is 4.99 Å². The number of hydrogen-bond donors (Lipinski definition) is 3. The van der Waals surface area contributed by atoms with E-state index >= 15 is 0 Å². The second-order valence-corrected chi connectivity index (χ2v) is 2.42. The van der Waals surface area contributed by atoms with Crippen molar-refractivity contribution in [3.63, 3.8) is 0 Å². The van der Waals surface area contributed by atoms with Crippen LogP contribution in [0.4, 0.5) is 0 Å². The zero-order chi connectivity index (χ0) is 6.91. The summed E-state index contributed by atoms with van der Waals surface area (Å²) in [5.41, 5.74) is 9.93. The molecule has 0 bridgehead atoms. The highest BCUT2D eigenvalue weighted by atomic mass is 16.3. The summed E-state index contributed by atoms with van der Waals surface area (Å²) in [4.78, 5) is 3.86. The molecule has 0 aromatic rings. The van der Waals surface area contributed by atoms with Crippen LogP contribution < -0.4 is 11.5 Å². The predicted molar refractivity (Wildman–Crippen MR) is 34.9 cm³/mol. The Morgan fingerprint density at radius 3 is 2.22 bits per heavy atom. The summed E-state index contributed by atoms with van der Waals surface area (Å²) in [6.45, 7) is 0.0604.